The molecule has 1 N–H and O–H groups in total. The van der Waals surface area contributed by atoms with Crippen molar-refractivity contribution in [3.63, 3.8) is 0 Å². The summed E-state index contributed by atoms with van der Waals surface area (Å²) in [6.45, 7) is 1.93. The molecule has 0 spiro atoms. The van der Waals surface area contributed by atoms with Gasteiger partial charge in [-0.2, -0.15) is 0 Å². The zero-order chi connectivity index (χ0) is 16.3. The van der Waals surface area contributed by atoms with Crippen molar-refractivity contribution in [2.75, 3.05) is 22.7 Å². The fraction of sp³-hybridized carbons (Fsp3) is 0.429. The van der Waals surface area contributed by atoms with Crippen molar-refractivity contribution in [1.82, 2.24) is 10.2 Å². The Bertz CT molecular complexity index is 753. The molecule has 0 aliphatic carbocycles. The van der Waals surface area contributed by atoms with Crippen molar-refractivity contribution in [3.05, 3.63) is 28.6 Å². The molecule has 0 atom stereocenters. The van der Waals surface area contributed by atoms with Crippen LogP contribution in [0.15, 0.2) is 28.5 Å². The molecule has 3 rings (SSSR count). The lowest BCUT2D eigenvalue weighted by Crippen LogP contribution is -2.25. The van der Waals surface area contributed by atoms with Gasteiger partial charge in [0.1, 0.15) is 4.21 Å². The van der Waals surface area contributed by atoms with Crippen LogP contribution in [-0.4, -0.2) is 31.7 Å². The summed E-state index contributed by atoms with van der Waals surface area (Å²) in [5.41, 5.74) is 0. The average molecular weight is 373 g/mol. The minimum absolute atomic E-state index is 0.154. The Kier molecular flexibility index (Phi) is 5.03. The van der Waals surface area contributed by atoms with Gasteiger partial charge in [-0.3, -0.25) is 4.72 Å². The van der Waals surface area contributed by atoms with Crippen LogP contribution in [0.1, 0.15) is 25.7 Å². The third kappa shape index (κ3) is 4.13. The van der Waals surface area contributed by atoms with Gasteiger partial charge >= 0.3 is 0 Å². The second-order valence-corrected chi connectivity index (χ2v) is 8.97. The van der Waals surface area contributed by atoms with Crippen LogP contribution >= 0.6 is 22.9 Å². The molecule has 0 aromatic carbocycles. The minimum atomic E-state index is -3.67. The van der Waals surface area contributed by atoms with Gasteiger partial charge in [0.05, 0.1) is 4.34 Å². The first-order valence-electron chi connectivity index (χ1n) is 7.41. The van der Waals surface area contributed by atoms with E-state index in [4.69, 9.17) is 11.6 Å². The molecule has 1 aliphatic heterocycles. The molecular formula is C14H17ClN4O2S2. The van der Waals surface area contributed by atoms with Crippen LogP contribution in [0.2, 0.25) is 4.34 Å². The molecule has 0 unspecified atom stereocenters. The maximum absolute atomic E-state index is 12.2. The number of hydrogen-bond acceptors (Lipinski definition) is 6. The van der Waals surface area contributed by atoms with E-state index in [-0.39, 0.29) is 10.0 Å². The largest absolute Gasteiger partial charge is 0.355 e. The van der Waals surface area contributed by atoms with Gasteiger partial charge in [-0.15, -0.1) is 21.5 Å². The van der Waals surface area contributed by atoms with Crippen molar-refractivity contribution in [2.24, 2.45) is 0 Å². The van der Waals surface area contributed by atoms with E-state index in [1.54, 1.807) is 18.2 Å². The molecule has 0 amide bonds. The van der Waals surface area contributed by atoms with Crippen LogP contribution in [0.5, 0.6) is 0 Å². The second kappa shape index (κ2) is 7.02. The normalized spacial score (nSPS) is 16.1. The van der Waals surface area contributed by atoms with Crippen molar-refractivity contribution >= 4 is 44.6 Å². The molecule has 3 heterocycles. The van der Waals surface area contributed by atoms with Crippen LogP contribution in [-0.2, 0) is 10.0 Å². The van der Waals surface area contributed by atoms with E-state index >= 15 is 0 Å². The molecule has 2 aromatic rings. The standard InChI is InChI=1S/C14H17ClN4O2S2/c15-11-5-8-14(22-11)23(20,21)18-12-6-7-13(17-16-12)19-9-3-1-2-4-10-19/h5-8H,1-4,9-10H2,(H,16,18). The first-order valence-corrected chi connectivity index (χ1v) is 10.1. The number of aromatic nitrogens is 2. The van der Waals surface area contributed by atoms with Crippen molar-refractivity contribution in [3.8, 4) is 0 Å². The molecular weight excluding hydrogens is 356 g/mol. The number of halogens is 1. The zero-order valence-corrected chi connectivity index (χ0v) is 14.8. The highest BCUT2D eigenvalue weighted by atomic mass is 35.5. The Morgan fingerprint density at radius 1 is 1.04 bits per heavy atom. The number of nitrogens with zero attached hydrogens (tertiary/aromatic N) is 3. The minimum Gasteiger partial charge on any atom is -0.355 e. The monoisotopic (exact) mass is 372 g/mol. The molecule has 124 valence electrons. The van der Waals surface area contributed by atoms with Gasteiger partial charge in [0.15, 0.2) is 11.6 Å². The van der Waals surface area contributed by atoms with E-state index in [9.17, 15) is 8.42 Å². The molecule has 0 bridgehead atoms. The lowest BCUT2D eigenvalue weighted by molar-refractivity contribution is 0.603. The molecule has 1 fully saturated rings. The summed E-state index contributed by atoms with van der Waals surface area (Å²) in [4.78, 5) is 2.19. The number of rotatable bonds is 4. The fourth-order valence-corrected chi connectivity index (χ4v) is 4.96. The Morgan fingerprint density at radius 3 is 2.35 bits per heavy atom. The van der Waals surface area contributed by atoms with E-state index in [1.165, 1.54) is 18.9 Å². The van der Waals surface area contributed by atoms with Crippen LogP contribution < -0.4 is 9.62 Å². The van der Waals surface area contributed by atoms with Gasteiger partial charge in [-0.1, -0.05) is 24.4 Å². The first kappa shape index (κ1) is 16.5. The number of hydrogen-bond donors (Lipinski definition) is 1. The summed E-state index contributed by atoms with van der Waals surface area (Å²) in [5, 5.41) is 8.15. The van der Waals surface area contributed by atoms with Gasteiger partial charge < -0.3 is 4.90 Å². The average Bonchev–Trinajstić information content (AvgIpc) is 2.81. The van der Waals surface area contributed by atoms with Crippen molar-refractivity contribution < 1.29 is 8.42 Å². The number of sulfonamides is 1. The predicted octanol–water partition coefficient (Wildman–Crippen LogP) is 3.37. The molecule has 1 aliphatic rings. The van der Waals surface area contributed by atoms with Crippen LogP contribution in [0.25, 0.3) is 0 Å². The predicted molar refractivity (Wildman–Crippen MR) is 92.9 cm³/mol. The highest BCUT2D eigenvalue weighted by Gasteiger charge is 2.18. The van der Waals surface area contributed by atoms with E-state index in [0.717, 1.165) is 43.1 Å². The molecule has 2 aromatic heterocycles. The quantitative estimate of drug-likeness (QED) is 0.890. The van der Waals surface area contributed by atoms with Gasteiger partial charge in [0, 0.05) is 13.1 Å². The second-order valence-electron chi connectivity index (χ2n) is 5.34. The molecule has 9 heteroatoms. The smallest absolute Gasteiger partial charge is 0.272 e. The molecule has 6 nitrogen and oxygen atoms in total. The number of anilines is 2. The molecule has 0 radical (unpaired) electrons. The Labute approximate surface area is 144 Å². The van der Waals surface area contributed by atoms with E-state index in [2.05, 4.69) is 19.8 Å². The maximum Gasteiger partial charge on any atom is 0.272 e. The van der Waals surface area contributed by atoms with Crippen LogP contribution in [0, 0.1) is 0 Å². The van der Waals surface area contributed by atoms with Gasteiger partial charge in [0.25, 0.3) is 10.0 Å². The summed E-state index contributed by atoms with van der Waals surface area (Å²) in [6, 6.07) is 6.46. The fourth-order valence-electron chi connectivity index (χ4n) is 2.48. The summed E-state index contributed by atoms with van der Waals surface area (Å²) in [6.07, 6.45) is 4.78. The summed E-state index contributed by atoms with van der Waals surface area (Å²) in [7, 11) is -3.67. The third-order valence-electron chi connectivity index (χ3n) is 3.63. The van der Waals surface area contributed by atoms with Gasteiger partial charge in [0.2, 0.25) is 0 Å². The first-order chi connectivity index (χ1) is 11.0. The highest BCUT2D eigenvalue weighted by molar-refractivity contribution is 7.94. The van der Waals surface area contributed by atoms with Crippen LogP contribution in [0.3, 0.4) is 0 Å². The summed E-state index contributed by atoms with van der Waals surface area (Å²) < 4.78 is 27.4. The molecule has 1 saturated heterocycles. The Balaban J connectivity index is 1.72. The Morgan fingerprint density at radius 2 is 1.78 bits per heavy atom. The molecule has 0 saturated carbocycles. The van der Waals surface area contributed by atoms with E-state index in [0.29, 0.717) is 4.34 Å². The summed E-state index contributed by atoms with van der Waals surface area (Å²) >= 11 is 6.78. The third-order valence-corrected chi connectivity index (χ3v) is 6.71. The maximum atomic E-state index is 12.2. The van der Waals surface area contributed by atoms with Gasteiger partial charge in [-0.05, 0) is 37.1 Å². The van der Waals surface area contributed by atoms with E-state index < -0.39 is 10.0 Å². The van der Waals surface area contributed by atoms with E-state index in [1.807, 2.05) is 0 Å². The number of thiophene rings is 1. The van der Waals surface area contributed by atoms with Crippen molar-refractivity contribution in [1.29, 1.82) is 0 Å². The Hall–Kier alpha value is -1.38. The zero-order valence-electron chi connectivity index (χ0n) is 12.4. The lowest BCUT2D eigenvalue weighted by atomic mass is 10.2. The number of nitrogens with one attached hydrogen (secondary N) is 1. The molecule has 23 heavy (non-hydrogen) atoms. The summed E-state index contributed by atoms with van der Waals surface area (Å²) in [5.74, 6) is 0.988. The van der Waals surface area contributed by atoms with Crippen molar-refractivity contribution in [2.45, 2.75) is 29.9 Å². The lowest BCUT2D eigenvalue weighted by Gasteiger charge is -2.20. The highest BCUT2D eigenvalue weighted by Crippen LogP contribution is 2.27. The van der Waals surface area contributed by atoms with Gasteiger partial charge in [-0.25, -0.2) is 8.42 Å². The SMILES string of the molecule is O=S(=O)(Nc1ccc(N2CCCCCC2)nn1)c1ccc(Cl)s1. The topological polar surface area (TPSA) is 75.2 Å². The van der Waals surface area contributed by atoms with Crippen LogP contribution in [0.4, 0.5) is 11.6 Å².